The number of aromatic nitrogens is 1. The van der Waals surface area contributed by atoms with E-state index in [1.807, 2.05) is 78.7 Å². The highest BCUT2D eigenvalue weighted by Crippen LogP contribution is 2.25. The smallest absolute Gasteiger partial charge is 0.247 e. The summed E-state index contributed by atoms with van der Waals surface area (Å²) in [6.07, 6.45) is 10.9. The summed E-state index contributed by atoms with van der Waals surface area (Å²) >= 11 is 6.42. The Bertz CT molecular complexity index is 1200. The number of hydrogen-bond acceptors (Lipinski definition) is 2. The van der Waals surface area contributed by atoms with Gasteiger partial charge in [-0.25, -0.2) is 0 Å². The molecule has 0 saturated heterocycles. The number of halogens is 1. The third-order valence-electron chi connectivity index (χ3n) is 7.13. The molecule has 6 heteroatoms. The summed E-state index contributed by atoms with van der Waals surface area (Å²) in [5.41, 5.74) is 3.07. The van der Waals surface area contributed by atoms with Crippen LogP contribution in [0.1, 0.15) is 55.8 Å². The molecular weight excluding hydrogens is 482 g/mol. The van der Waals surface area contributed by atoms with Crippen LogP contribution in [-0.2, 0) is 22.7 Å². The van der Waals surface area contributed by atoms with Gasteiger partial charge in [0.15, 0.2) is 0 Å². The quantitative estimate of drug-likeness (QED) is 0.291. The third kappa shape index (κ3) is 7.36. The maximum absolute atomic E-state index is 13.7. The van der Waals surface area contributed by atoms with Crippen LogP contribution in [-0.4, -0.2) is 45.3 Å². The van der Waals surface area contributed by atoms with Crippen LogP contribution in [0.4, 0.5) is 0 Å². The van der Waals surface area contributed by atoms with Crippen molar-refractivity contribution in [2.24, 2.45) is 0 Å². The minimum Gasteiger partial charge on any atom is -0.345 e. The normalized spacial score (nSPS) is 14.1. The maximum atomic E-state index is 13.7. The number of benzene rings is 2. The molecule has 0 atom stereocenters. The summed E-state index contributed by atoms with van der Waals surface area (Å²) in [4.78, 5) is 30.3. The summed E-state index contributed by atoms with van der Waals surface area (Å²) in [6.45, 7) is 3.65. The van der Waals surface area contributed by atoms with Crippen molar-refractivity contribution in [2.75, 3.05) is 13.1 Å². The van der Waals surface area contributed by atoms with Gasteiger partial charge >= 0.3 is 0 Å². The van der Waals surface area contributed by atoms with Crippen molar-refractivity contribution >= 4 is 29.5 Å². The van der Waals surface area contributed by atoms with Gasteiger partial charge in [0.1, 0.15) is 6.54 Å². The monoisotopic (exact) mass is 517 g/mol. The zero-order chi connectivity index (χ0) is 26.0. The van der Waals surface area contributed by atoms with Crippen molar-refractivity contribution in [2.45, 2.75) is 58.2 Å². The summed E-state index contributed by atoms with van der Waals surface area (Å²) in [6, 6.07) is 21.9. The highest BCUT2D eigenvalue weighted by atomic mass is 35.5. The fraction of sp³-hybridized carbons (Fsp3) is 0.355. The summed E-state index contributed by atoms with van der Waals surface area (Å²) < 4.78 is 2.16. The van der Waals surface area contributed by atoms with Gasteiger partial charge in [-0.05, 0) is 55.2 Å². The lowest BCUT2D eigenvalue weighted by Gasteiger charge is -2.36. The van der Waals surface area contributed by atoms with Crippen LogP contribution in [0.15, 0.2) is 79.0 Å². The van der Waals surface area contributed by atoms with Gasteiger partial charge in [-0.1, -0.05) is 79.4 Å². The van der Waals surface area contributed by atoms with E-state index in [9.17, 15) is 9.59 Å². The Labute approximate surface area is 225 Å². The van der Waals surface area contributed by atoms with Gasteiger partial charge in [0.25, 0.3) is 0 Å². The molecule has 194 valence electrons. The predicted octanol–water partition coefficient (Wildman–Crippen LogP) is 6.41. The molecule has 0 bridgehead atoms. The molecule has 5 nitrogen and oxygen atoms in total. The minimum absolute atomic E-state index is 0.000652. The Morgan fingerprint density at radius 3 is 2.43 bits per heavy atom. The highest BCUT2D eigenvalue weighted by Gasteiger charge is 2.28. The zero-order valence-electron chi connectivity index (χ0n) is 21.6. The molecule has 2 amide bonds. The van der Waals surface area contributed by atoms with Gasteiger partial charge in [-0.15, -0.1) is 0 Å². The lowest BCUT2D eigenvalue weighted by molar-refractivity contribution is -0.140. The van der Waals surface area contributed by atoms with Crippen molar-refractivity contribution in [3.63, 3.8) is 0 Å². The molecule has 0 radical (unpaired) electrons. The number of nitrogens with zero attached hydrogens (tertiary/aromatic N) is 3. The molecular formula is C31H36ClN3O2. The molecule has 4 rings (SSSR count). The van der Waals surface area contributed by atoms with Gasteiger partial charge in [0.2, 0.25) is 11.8 Å². The molecule has 1 aliphatic rings. The SMILES string of the molecule is CCN(CC(=O)N(Cc1cccn1Cc1ccccc1Cl)C1CCCCC1)C(=O)C=Cc1ccccc1. The van der Waals surface area contributed by atoms with Crippen LogP contribution in [0.5, 0.6) is 0 Å². The van der Waals surface area contributed by atoms with E-state index in [-0.39, 0.29) is 24.4 Å². The molecule has 2 aromatic carbocycles. The van der Waals surface area contributed by atoms with Crippen molar-refractivity contribution in [1.29, 1.82) is 0 Å². The van der Waals surface area contributed by atoms with Crippen LogP contribution >= 0.6 is 11.6 Å². The average molecular weight is 518 g/mol. The van der Waals surface area contributed by atoms with Gasteiger partial charge in [0.05, 0.1) is 6.54 Å². The fourth-order valence-corrected chi connectivity index (χ4v) is 5.18. The van der Waals surface area contributed by atoms with Gasteiger partial charge in [0, 0.05) is 42.1 Å². The molecule has 1 saturated carbocycles. The first-order valence-electron chi connectivity index (χ1n) is 13.2. The first-order chi connectivity index (χ1) is 18.0. The molecule has 1 aromatic heterocycles. The Balaban J connectivity index is 1.49. The van der Waals surface area contributed by atoms with E-state index in [2.05, 4.69) is 10.6 Å². The van der Waals surface area contributed by atoms with Gasteiger partial charge in [-0.3, -0.25) is 9.59 Å². The third-order valence-corrected chi connectivity index (χ3v) is 7.50. The van der Waals surface area contributed by atoms with Crippen LogP contribution in [0.2, 0.25) is 5.02 Å². The second-order valence-corrected chi connectivity index (χ2v) is 10.0. The second-order valence-electron chi connectivity index (χ2n) is 9.63. The fourth-order valence-electron chi connectivity index (χ4n) is 4.98. The molecule has 1 heterocycles. The van der Waals surface area contributed by atoms with Crippen molar-refractivity contribution in [3.05, 3.63) is 101 Å². The van der Waals surface area contributed by atoms with E-state index in [1.165, 1.54) is 6.42 Å². The summed E-state index contributed by atoms with van der Waals surface area (Å²) in [5.74, 6) is -0.147. The molecule has 37 heavy (non-hydrogen) atoms. The molecule has 0 spiro atoms. The minimum atomic E-state index is -0.148. The van der Waals surface area contributed by atoms with E-state index in [4.69, 9.17) is 11.6 Å². The molecule has 0 aliphatic heterocycles. The topological polar surface area (TPSA) is 45.6 Å². The van der Waals surface area contributed by atoms with Gasteiger partial charge < -0.3 is 14.4 Å². The van der Waals surface area contributed by atoms with Crippen molar-refractivity contribution < 1.29 is 9.59 Å². The first kappa shape index (κ1) is 26.7. The first-order valence-corrected chi connectivity index (χ1v) is 13.6. The lowest BCUT2D eigenvalue weighted by atomic mass is 9.94. The van der Waals surface area contributed by atoms with E-state index in [0.717, 1.165) is 47.5 Å². The Kier molecular flexibility index (Phi) is 9.61. The van der Waals surface area contributed by atoms with Crippen LogP contribution in [0.3, 0.4) is 0 Å². The number of carbonyl (C=O) groups is 2. The second kappa shape index (κ2) is 13.3. The Morgan fingerprint density at radius 1 is 0.973 bits per heavy atom. The highest BCUT2D eigenvalue weighted by molar-refractivity contribution is 6.31. The number of carbonyl (C=O) groups excluding carboxylic acids is 2. The Morgan fingerprint density at radius 2 is 1.70 bits per heavy atom. The molecule has 0 N–H and O–H groups in total. The maximum Gasteiger partial charge on any atom is 0.247 e. The van der Waals surface area contributed by atoms with E-state index in [1.54, 1.807) is 17.1 Å². The predicted molar refractivity (Wildman–Crippen MR) is 150 cm³/mol. The van der Waals surface area contributed by atoms with E-state index >= 15 is 0 Å². The standard InChI is InChI=1S/C31H36ClN3O2/c1-2-33(30(36)20-19-25-12-5-3-6-13-25)24-31(37)35(27-15-7-4-8-16-27)23-28-17-11-21-34(28)22-26-14-9-10-18-29(26)32/h3,5-6,9-14,17-21,27H,2,4,7-8,15-16,22-24H2,1H3. The number of amides is 2. The van der Waals surface area contributed by atoms with Crippen molar-refractivity contribution in [1.82, 2.24) is 14.4 Å². The average Bonchev–Trinajstić information content (AvgIpc) is 3.37. The number of hydrogen-bond donors (Lipinski definition) is 0. The zero-order valence-corrected chi connectivity index (χ0v) is 22.3. The van der Waals surface area contributed by atoms with Crippen molar-refractivity contribution in [3.8, 4) is 0 Å². The van der Waals surface area contributed by atoms with Gasteiger partial charge in [-0.2, -0.15) is 0 Å². The van der Waals surface area contributed by atoms with Crippen LogP contribution in [0, 0.1) is 0 Å². The summed E-state index contributed by atoms with van der Waals surface area (Å²) in [5, 5.41) is 0.739. The largest absolute Gasteiger partial charge is 0.345 e. The molecule has 1 fully saturated rings. The lowest BCUT2D eigenvalue weighted by Crippen LogP contribution is -2.47. The molecule has 0 unspecified atom stereocenters. The molecule has 1 aliphatic carbocycles. The van der Waals surface area contributed by atoms with Crippen LogP contribution in [0.25, 0.3) is 6.08 Å². The Hall–Kier alpha value is -3.31. The van der Waals surface area contributed by atoms with E-state index in [0.29, 0.717) is 19.6 Å². The van der Waals surface area contributed by atoms with E-state index < -0.39 is 0 Å². The molecule has 3 aromatic rings. The summed E-state index contributed by atoms with van der Waals surface area (Å²) in [7, 11) is 0. The number of likely N-dealkylation sites (N-methyl/N-ethyl adjacent to an activating group) is 1. The number of rotatable bonds is 10. The van der Waals surface area contributed by atoms with Crippen LogP contribution < -0.4 is 0 Å².